The van der Waals surface area contributed by atoms with Crippen molar-refractivity contribution in [3.8, 4) is 0 Å². The number of nitro groups is 1. The van der Waals surface area contributed by atoms with Crippen molar-refractivity contribution in [2.24, 2.45) is 16.2 Å². The number of hydrazine groups is 1. The lowest BCUT2D eigenvalue weighted by atomic mass is 9.64. The summed E-state index contributed by atoms with van der Waals surface area (Å²) in [6.07, 6.45) is 1.10. The summed E-state index contributed by atoms with van der Waals surface area (Å²) in [5, 5.41) is 10.9. The third-order valence-electron chi connectivity index (χ3n) is 6.82. The van der Waals surface area contributed by atoms with Gasteiger partial charge in [0.15, 0.2) is 5.78 Å². The fraction of sp³-hybridized carbons (Fsp3) is 0.500. The third kappa shape index (κ3) is 2.52. The lowest BCUT2D eigenvalue weighted by Gasteiger charge is -2.39. The number of nitrogens with zero attached hydrogens (tertiary/aromatic N) is 1. The Morgan fingerprint density at radius 1 is 1.25 bits per heavy atom. The van der Waals surface area contributed by atoms with Crippen LogP contribution in [0, 0.1) is 26.4 Å². The molecule has 0 heterocycles. The molecule has 3 atom stereocenters. The van der Waals surface area contributed by atoms with Crippen LogP contribution in [0.4, 0.5) is 5.69 Å². The maximum Gasteiger partial charge on any atom is 0.288 e. The van der Waals surface area contributed by atoms with E-state index in [4.69, 9.17) is 11.6 Å². The van der Waals surface area contributed by atoms with Crippen LogP contribution in [0.15, 0.2) is 18.2 Å². The summed E-state index contributed by atoms with van der Waals surface area (Å²) in [6, 6.07) is 3.59. The second kappa shape index (κ2) is 6.52. The molecule has 0 spiro atoms. The van der Waals surface area contributed by atoms with E-state index in [-0.39, 0.29) is 16.4 Å². The summed E-state index contributed by atoms with van der Waals surface area (Å²) in [5.74, 6) is -1.21. The summed E-state index contributed by atoms with van der Waals surface area (Å²) in [4.78, 5) is 47.8. The Hall–Kier alpha value is -2.00. The predicted octanol–water partition coefficient (Wildman–Crippen LogP) is 3.17. The van der Waals surface area contributed by atoms with Crippen LogP contribution in [0.3, 0.4) is 0 Å². The highest BCUT2D eigenvalue weighted by molar-refractivity contribution is 9.10. The molecule has 150 valence electrons. The number of nitrogens with one attached hydrogen (secondary N) is 2. The molecule has 0 radical (unpaired) electrons. The highest BCUT2D eigenvalue weighted by Crippen LogP contribution is 2.72. The molecule has 2 amide bonds. The van der Waals surface area contributed by atoms with Gasteiger partial charge in [-0.2, -0.15) is 0 Å². The van der Waals surface area contributed by atoms with Crippen LogP contribution in [0.5, 0.6) is 0 Å². The Kier molecular flexibility index (Phi) is 4.83. The number of hydrogen-bond donors (Lipinski definition) is 2. The molecule has 0 aliphatic heterocycles. The van der Waals surface area contributed by atoms with E-state index in [0.29, 0.717) is 12.8 Å². The van der Waals surface area contributed by atoms with Gasteiger partial charge in [0.2, 0.25) is 5.91 Å². The monoisotopic (exact) mass is 471 g/mol. The van der Waals surface area contributed by atoms with Crippen LogP contribution in [0.25, 0.3) is 0 Å². The minimum absolute atomic E-state index is 0.0152. The standard InChI is InChI=1S/C18H19BrClN3O5/c1-16(2)17(3)6-7-18(16,12(19)13(17)24)15(26)22-21-14(25)9-4-5-10(20)11(8-9)23(27)28/h4-5,8,12H,6-7H2,1-3H3,(H,21,25)(H,22,26). The zero-order chi connectivity index (χ0) is 21.1. The highest BCUT2D eigenvalue weighted by Gasteiger charge is 2.76. The second-order valence-electron chi connectivity index (χ2n) is 7.99. The number of carbonyl (C=O) groups excluding carboxylic acids is 3. The highest BCUT2D eigenvalue weighted by atomic mass is 79.9. The molecular weight excluding hydrogens is 454 g/mol. The maximum atomic E-state index is 13.1. The number of fused-ring (bicyclic) bond motifs is 2. The molecule has 28 heavy (non-hydrogen) atoms. The molecule has 2 N–H and O–H groups in total. The van der Waals surface area contributed by atoms with Crippen LogP contribution in [0.1, 0.15) is 44.0 Å². The molecule has 0 saturated heterocycles. The molecular formula is C18H19BrClN3O5. The number of benzene rings is 1. The molecule has 2 aliphatic carbocycles. The number of Topliss-reactive ketones (excluding diaryl/α,β-unsaturated/α-hetero) is 1. The summed E-state index contributed by atoms with van der Waals surface area (Å²) >= 11 is 9.15. The number of hydrogen-bond acceptors (Lipinski definition) is 5. The lowest BCUT2D eigenvalue weighted by molar-refractivity contribution is -0.384. The predicted molar refractivity (Wildman–Crippen MR) is 105 cm³/mol. The Morgan fingerprint density at radius 2 is 1.89 bits per heavy atom. The first kappa shape index (κ1) is 20.7. The number of halogens is 2. The van der Waals surface area contributed by atoms with Crippen LogP contribution in [0.2, 0.25) is 5.02 Å². The van der Waals surface area contributed by atoms with Crippen LogP contribution in [-0.4, -0.2) is 27.3 Å². The largest absolute Gasteiger partial charge is 0.298 e. The lowest BCUT2D eigenvalue weighted by Crippen LogP contribution is -2.55. The molecule has 8 nitrogen and oxygen atoms in total. The van der Waals surface area contributed by atoms with Crippen molar-refractivity contribution in [2.75, 3.05) is 0 Å². The topological polar surface area (TPSA) is 118 Å². The maximum absolute atomic E-state index is 13.1. The summed E-state index contributed by atoms with van der Waals surface area (Å²) in [7, 11) is 0. The fourth-order valence-corrected chi connectivity index (χ4v) is 6.25. The molecule has 10 heteroatoms. The molecule has 2 aliphatic rings. The van der Waals surface area contributed by atoms with Crippen molar-refractivity contribution < 1.29 is 19.3 Å². The van der Waals surface area contributed by atoms with Gasteiger partial charge < -0.3 is 0 Å². The van der Waals surface area contributed by atoms with Gasteiger partial charge in [0.1, 0.15) is 5.02 Å². The van der Waals surface area contributed by atoms with Crippen molar-refractivity contribution >= 4 is 50.8 Å². The van der Waals surface area contributed by atoms with Gasteiger partial charge in [0.25, 0.3) is 11.6 Å². The van der Waals surface area contributed by atoms with Gasteiger partial charge in [-0.25, -0.2) is 0 Å². The smallest absolute Gasteiger partial charge is 0.288 e. The molecule has 2 fully saturated rings. The average Bonchev–Trinajstić information content (AvgIpc) is 2.91. The molecule has 2 bridgehead atoms. The zero-order valence-corrected chi connectivity index (χ0v) is 17.8. The number of amides is 2. The van der Waals surface area contributed by atoms with Gasteiger partial charge in [-0.1, -0.05) is 48.3 Å². The Morgan fingerprint density at radius 3 is 2.43 bits per heavy atom. The Bertz CT molecular complexity index is 920. The van der Waals surface area contributed by atoms with Crippen molar-refractivity contribution in [3.63, 3.8) is 0 Å². The molecule has 1 aromatic carbocycles. The van der Waals surface area contributed by atoms with Gasteiger partial charge in [-0.15, -0.1) is 0 Å². The minimum Gasteiger partial charge on any atom is -0.298 e. The van der Waals surface area contributed by atoms with E-state index >= 15 is 0 Å². The number of rotatable bonds is 3. The van der Waals surface area contributed by atoms with E-state index in [2.05, 4.69) is 26.8 Å². The van der Waals surface area contributed by atoms with Gasteiger partial charge in [0, 0.05) is 17.0 Å². The van der Waals surface area contributed by atoms with Gasteiger partial charge in [-0.3, -0.25) is 35.3 Å². The van der Waals surface area contributed by atoms with Crippen molar-refractivity contribution in [1.82, 2.24) is 10.9 Å². The fourth-order valence-electron chi connectivity index (χ4n) is 4.55. The molecule has 3 rings (SSSR count). The van der Waals surface area contributed by atoms with E-state index in [9.17, 15) is 24.5 Å². The first-order valence-corrected chi connectivity index (χ1v) is 9.92. The number of nitro benzene ring substituents is 1. The normalized spacial score (nSPS) is 30.2. The van der Waals surface area contributed by atoms with Crippen LogP contribution in [-0.2, 0) is 9.59 Å². The van der Waals surface area contributed by atoms with E-state index < -0.39 is 43.5 Å². The summed E-state index contributed by atoms with van der Waals surface area (Å²) in [5.41, 5.74) is 2.02. The molecule has 3 unspecified atom stereocenters. The average molecular weight is 473 g/mol. The van der Waals surface area contributed by atoms with E-state index in [1.807, 2.05) is 20.8 Å². The summed E-state index contributed by atoms with van der Waals surface area (Å²) in [6.45, 7) is 5.66. The number of carbonyl (C=O) groups is 3. The van der Waals surface area contributed by atoms with Crippen molar-refractivity contribution in [3.05, 3.63) is 38.9 Å². The zero-order valence-electron chi connectivity index (χ0n) is 15.5. The van der Waals surface area contributed by atoms with Crippen LogP contribution < -0.4 is 10.9 Å². The van der Waals surface area contributed by atoms with E-state index in [1.165, 1.54) is 12.1 Å². The van der Waals surface area contributed by atoms with E-state index in [0.717, 1.165) is 6.07 Å². The number of ketones is 1. The summed E-state index contributed by atoms with van der Waals surface area (Å²) < 4.78 is 0. The quantitative estimate of drug-likeness (QED) is 0.398. The Labute approximate surface area is 174 Å². The van der Waals surface area contributed by atoms with Gasteiger partial charge in [-0.05, 0) is 30.4 Å². The van der Waals surface area contributed by atoms with E-state index in [1.54, 1.807) is 0 Å². The first-order valence-electron chi connectivity index (χ1n) is 8.63. The minimum atomic E-state index is -1.00. The SMILES string of the molecule is CC12CCC(C(=O)NNC(=O)c3ccc(Cl)c([N+](=O)[O-])c3)(C(Br)C1=O)C2(C)C. The van der Waals surface area contributed by atoms with Gasteiger partial charge >= 0.3 is 0 Å². The molecule has 2 saturated carbocycles. The molecule has 1 aromatic rings. The third-order valence-corrected chi connectivity index (χ3v) is 8.34. The molecule has 0 aromatic heterocycles. The van der Waals surface area contributed by atoms with Crippen molar-refractivity contribution in [1.29, 1.82) is 0 Å². The Balaban J connectivity index is 1.80. The van der Waals surface area contributed by atoms with Gasteiger partial charge in [0.05, 0.1) is 15.2 Å². The van der Waals surface area contributed by atoms with Crippen molar-refractivity contribution in [2.45, 2.75) is 38.4 Å². The number of alkyl halides is 1. The first-order chi connectivity index (χ1) is 12.9. The second-order valence-corrected chi connectivity index (χ2v) is 9.31. The van der Waals surface area contributed by atoms with Crippen LogP contribution >= 0.6 is 27.5 Å².